The van der Waals surface area contributed by atoms with Crippen LogP contribution in [0.1, 0.15) is 25.0 Å². The fourth-order valence-corrected chi connectivity index (χ4v) is 2.35. The summed E-state index contributed by atoms with van der Waals surface area (Å²) in [7, 11) is 0. The molecule has 0 aromatic heterocycles. The van der Waals surface area contributed by atoms with E-state index in [1.807, 2.05) is 42.5 Å². The van der Waals surface area contributed by atoms with Gasteiger partial charge in [0.05, 0.1) is 19.1 Å². The normalized spacial score (nSPS) is 13.4. The van der Waals surface area contributed by atoms with E-state index in [-0.39, 0.29) is 13.0 Å². The third kappa shape index (κ3) is 3.93. The summed E-state index contributed by atoms with van der Waals surface area (Å²) in [6, 6.07) is 16.9. The van der Waals surface area contributed by atoms with Crippen LogP contribution in [0.4, 0.5) is 0 Å². The average Bonchev–Trinajstić information content (AvgIpc) is 2.55. The van der Waals surface area contributed by atoms with Crippen LogP contribution in [0, 0.1) is 0 Å². The van der Waals surface area contributed by atoms with Crippen molar-refractivity contribution in [3.8, 4) is 11.1 Å². The first-order valence-corrected chi connectivity index (χ1v) is 7.29. The average molecular weight is 300 g/mol. The summed E-state index contributed by atoms with van der Waals surface area (Å²) in [6.45, 7) is 1.95. The molecule has 0 fully saturated rings. The molecule has 0 radical (unpaired) electrons. The van der Waals surface area contributed by atoms with Crippen LogP contribution >= 0.6 is 0 Å². The number of aliphatic hydroxyl groups is 2. The van der Waals surface area contributed by atoms with Crippen molar-refractivity contribution < 1.29 is 19.7 Å². The molecule has 4 heteroatoms. The predicted molar refractivity (Wildman–Crippen MR) is 84.1 cm³/mol. The number of rotatable bonds is 6. The van der Waals surface area contributed by atoms with E-state index in [1.165, 1.54) is 0 Å². The lowest BCUT2D eigenvalue weighted by atomic mass is 9.93. The molecule has 2 aromatic rings. The predicted octanol–water partition coefficient (Wildman–Crippen LogP) is 2.70. The molecule has 2 aromatic carbocycles. The number of aliphatic hydroxyl groups excluding tert-OH is 2. The highest BCUT2D eigenvalue weighted by atomic mass is 16.5. The fourth-order valence-electron chi connectivity index (χ4n) is 2.35. The molecule has 0 aliphatic carbocycles. The summed E-state index contributed by atoms with van der Waals surface area (Å²) >= 11 is 0. The number of ether oxygens (including phenoxy) is 1. The maximum absolute atomic E-state index is 11.5. The van der Waals surface area contributed by atoms with Gasteiger partial charge in [0.1, 0.15) is 6.10 Å². The third-order valence-electron chi connectivity index (χ3n) is 3.41. The Balaban J connectivity index is 2.23. The Bertz CT molecular complexity index is 609. The van der Waals surface area contributed by atoms with E-state index < -0.39 is 18.2 Å². The molecular weight excluding hydrogens is 280 g/mol. The van der Waals surface area contributed by atoms with Gasteiger partial charge in [0.15, 0.2) is 0 Å². The van der Waals surface area contributed by atoms with Gasteiger partial charge in [-0.25, -0.2) is 0 Å². The highest BCUT2D eigenvalue weighted by molar-refractivity contribution is 5.71. The van der Waals surface area contributed by atoms with E-state index in [0.717, 1.165) is 11.1 Å². The van der Waals surface area contributed by atoms with E-state index in [2.05, 4.69) is 0 Å². The molecule has 0 saturated heterocycles. The van der Waals surface area contributed by atoms with Gasteiger partial charge in [0, 0.05) is 0 Å². The van der Waals surface area contributed by atoms with E-state index in [1.54, 1.807) is 19.1 Å². The van der Waals surface area contributed by atoms with Gasteiger partial charge in [-0.2, -0.15) is 0 Å². The Kier molecular flexibility index (Phi) is 5.69. The van der Waals surface area contributed by atoms with Crippen molar-refractivity contribution in [2.75, 3.05) is 6.61 Å². The van der Waals surface area contributed by atoms with Gasteiger partial charge >= 0.3 is 5.97 Å². The molecule has 0 aliphatic heterocycles. The number of hydrogen-bond donors (Lipinski definition) is 2. The monoisotopic (exact) mass is 300 g/mol. The van der Waals surface area contributed by atoms with Crippen LogP contribution < -0.4 is 0 Å². The molecule has 2 unspecified atom stereocenters. The van der Waals surface area contributed by atoms with Gasteiger partial charge in [0.25, 0.3) is 0 Å². The zero-order chi connectivity index (χ0) is 15.9. The number of carbonyl (C=O) groups excluding carboxylic acids is 1. The maximum Gasteiger partial charge on any atom is 0.308 e. The Hall–Kier alpha value is -2.17. The van der Waals surface area contributed by atoms with Crippen LogP contribution in [0.3, 0.4) is 0 Å². The molecular formula is C18H20O4. The van der Waals surface area contributed by atoms with E-state index >= 15 is 0 Å². The summed E-state index contributed by atoms with van der Waals surface area (Å²) in [5, 5.41) is 20.5. The van der Waals surface area contributed by atoms with Crippen LogP contribution in [0.15, 0.2) is 54.6 Å². The van der Waals surface area contributed by atoms with E-state index in [4.69, 9.17) is 4.74 Å². The molecule has 0 amide bonds. The van der Waals surface area contributed by atoms with Gasteiger partial charge < -0.3 is 14.9 Å². The quantitative estimate of drug-likeness (QED) is 0.805. The highest BCUT2D eigenvalue weighted by Crippen LogP contribution is 2.30. The molecule has 22 heavy (non-hydrogen) atoms. The smallest absolute Gasteiger partial charge is 0.308 e. The molecule has 0 heterocycles. The van der Waals surface area contributed by atoms with Gasteiger partial charge in [-0.05, 0) is 23.6 Å². The minimum Gasteiger partial charge on any atom is -0.466 e. The number of carbonyl (C=O) groups is 1. The van der Waals surface area contributed by atoms with Crippen molar-refractivity contribution in [2.45, 2.75) is 25.6 Å². The summed E-state index contributed by atoms with van der Waals surface area (Å²) in [5.41, 5.74) is 2.37. The maximum atomic E-state index is 11.5. The highest BCUT2D eigenvalue weighted by Gasteiger charge is 2.24. The zero-order valence-corrected chi connectivity index (χ0v) is 12.5. The third-order valence-corrected chi connectivity index (χ3v) is 3.41. The molecule has 4 nitrogen and oxygen atoms in total. The molecule has 0 saturated carbocycles. The first-order chi connectivity index (χ1) is 10.6. The second-order valence-electron chi connectivity index (χ2n) is 4.97. The van der Waals surface area contributed by atoms with Crippen LogP contribution in [-0.2, 0) is 9.53 Å². The van der Waals surface area contributed by atoms with Gasteiger partial charge in [-0.15, -0.1) is 0 Å². The van der Waals surface area contributed by atoms with Crippen molar-refractivity contribution in [1.82, 2.24) is 0 Å². The fraction of sp³-hybridized carbons (Fsp3) is 0.278. The van der Waals surface area contributed by atoms with Crippen LogP contribution in [-0.4, -0.2) is 28.9 Å². The molecule has 0 spiro atoms. The molecule has 2 N–H and O–H groups in total. The van der Waals surface area contributed by atoms with Crippen molar-refractivity contribution in [3.05, 3.63) is 60.2 Å². The minimum atomic E-state index is -1.20. The lowest BCUT2D eigenvalue weighted by Crippen LogP contribution is -2.23. The van der Waals surface area contributed by atoms with Crippen molar-refractivity contribution in [1.29, 1.82) is 0 Å². The van der Waals surface area contributed by atoms with E-state index in [0.29, 0.717) is 5.56 Å². The topological polar surface area (TPSA) is 66.8 Å². The first kappa shape index (κ1) is 16.2. The van der Waals surface area contributed by atoms with Gasteiger partial charge in [-0.1, -0.05) is 54.6 Å². The first-order valence-electron chi connectivity index (χ1n) is 7.29. The second kappa shape index (κ2) is 7.73. The van der Waals surface area contributed by atoms with Crippen LogP contribution in [0.25, 0.3) is 11.1 Å². The summed E-state index contributed by atoms with van der Waals surface area (Å²) < 4.78 is 4.80. The summed E-state index contributed by atoms with van der Waals surface area (Å²) in [5.74, 6) is -0.522. The Morgan fingerprint density at radius 3 is 2.36 bits per heavy atom. The molecule has 0 bridgehead atoms. The number of esters is 1. The summed E-state index contributed by atoms with van der Waals surface area (Å²) in [4.78, 5) is 11.5. The zero-order valence-electron chi connectivity index (χ0n) is 12.5. The van der Waals surface area contributed by atoms with Crippen LogP contribution in [0.5, 0.6) is 0 Å². The minimum absolute atomic E-state index is 0.238. The standard InChI is InChI=1S/C18H20O4/c1-2-22-17(20)12-16(19)18(21)15-11-7-6-10-14(15)13-8-4-3-5-9-13/h3-11,16,18-19,21H,2,12H2,1H3. The second-order valence-corrected chi connectivity index (χ2v) is 4.97. The Morgan fingerprint density at radius 2 is 1.68 bits per heavy atom. The van der Waals surface area contributed by atoms with Crippen LogP contribution in [0.2, 0.25) is 0 Å². The largest absolute Gasteiger partial charge is 0.466 e. The van der Waals surface area contributed by atoms with Crippen molar-refractivity contribution in [3.63, 3.8) is 0 Å². The van der Waals surface area contributed by atoms with Crippen molar-refractivity contribution >= 4 is 5.97 Å². The van der Waals surface area contributed by atoms with Gasteiger partial charge in [-0.3, -0.25) is 4.79 Å². The summed E-state index contributed by atoms with van der Waals surface area (Å²) in [6.07, 6.45) is -2.59. The lowest BCUT2D eigenvalue weighted by molar-refractivity contribution is -0.147. The molecule has 116 valence electrons. The molecule has 2 rings (SSSR count). The Labute approximate surface area is 130 Å². The molecule has 0 aliphatic rings. The lowest BCUT2D eigenvalue weighted by Gasteiger charge is -2.20. The van der Waals surface area contributed by atoms with Gasteiger partial charge in [0.2, 0.25) is 0 Å². The Morgan fingerprint density at radius 1 is 1.05 bits per heavy atom. The SMILES string of the molecule is CCOC(=O)CC(O)C(O)c1ccccc1-c1ccccc1. The van der Waals surface area contributed by atoms with E-state index in [9.17, 15) is 15.0 Å². The molecule has 2 atom stereocenters. The number of hydrogen-bond acceptors (Lipinski definition) is 4. The number of benzene rings is 2. The van der Waals surface area contributed by atoms with Crippen molar-refractivity contribution in [2.24, 2.45) is 0 Å².